The van der Waals surface area contributed by atoms with E-state index in [-0.39, 0.29) is 42.2 Å². The Hall–Kier alpha value is -7.99. The Labute approximate surface area is 376 Å². The highest BCUT2D eigenvalue weighted by molar-refractivity contribution is 7.26. The van der Waals surface area contributed by atoms with Crippen LogP contribution in [0.2, 0.25) is 0 Å². The second-order valence-electron chi connectivity index (χ2n) is 15.8. The third-order valence-electron chi connectivity index (χ3n) is 12.3. The van der Waals surface area contributed by atoms with E-state index in [1.165, 1.54) is 17.4 Å². The van der Waals surface area contributed by atoms with Crippen LogP contribution >= 0.6 is 11.3 Å². The Morgan fingerprint density at radius 2 is 1.02 bits per heavy atom. The number of aromatic nitrogens is 4. The van der Waals surface area contributed by atoms with Gasteiger partial charge in [0.05, 0.1) is 19.3 Å². The molecular formula is C58H36N4S. The van der Waals surface area contributed by atoms with Gasteiger partial charge in [0.2, 0.25) is 0 Å². The number of hydrogen-bond acceptors (Lipinski definition) is 4. The molecule has 63 heavy (non-hydrogen) atoms. The zero-order valence-electron chi connectivity index (χ0n) is 39.5. The number of thiophene rings is 1. The average molecular weight is 827 g/mol. The molecule has 0 N–H and O–H groups in total. The lowest BCUT2D eigenvalue weighted by atomic mass is 9.83. The fourth-order valence-corrected chi connectivity index (χ4v) is 10.6. The molecule has 0 saturated heterocycles. The average Bonchev–Trinajstić information content (AvgIpc) is 4.06. The molecule has 0 radical (unpaired) electrons. The molecule has 3 heterocycles. The van der Waals surface area contributed by atoms with Gasteiger partial charge >= 0.3 is 0 Å². The summed E-state index contributed by atoms with van der Waals surface area (Å²) in [7, 11) is 0. The zero-order valence-corrected chi connectivity index (χ0v) is 34.3. The van der Waals surface area contributed by atoms with Crippen LogP contribution in [0, 0.1) is 0 Å². The first-order valence-electron chi connectivity index (χ1n) is 23.9. The molecule has 9 aromatic carbocycles. The SMILES string of the molecule is [2H]c1cc([2H])c2sc3c(-c4cc(-c5nc(-c6ccccc6)nc(-c6ccc7c8ccccc8n(-c8ccccc8)c7c6)n5)ccc4C4c5ccccc5-c5ccccc54)c([2H])c([2H])c([2H])c3c2c1[2H]. The number of hydrogen-bond donors (Lipinski definition) is 0. The number of para-hydroxylation sites is 2. The Balaban J connectivity index is 1.09. The molecule has 13 rings (SSSR count). The van der Waals surface area contributed by atoms with E-state index >= 15 is 0 Å². The lowest BCUT2D eigenvalue weighted by Gasteiger charge is -2.20. The van der Waals surface area contributed by atoms with Crippen LogP contribution in [0.1, 0.15) is 30.8 Å². The molecule has 1 aliphatic rings. The Morgan fingerprint density at radius 1 is 0.413 bits per heavy atom. The lowest BCUT2D eigenvalue weighted by molar-refractivity contribution is 1.02. The van der Waals surface area contributed by atoms with Crippen LogP contribution in [0.3, 0.4) is 0 Å². The Kier molecular flexibility index (Phi) is 6.83. The topological polar surface area (TPSA) is 43.6 Å². The van der Waals surface area contributed by atoms with E-state index in [0.717, 1.165) is 66.4 Å². The molecule has 0 unspecified atom stereocenters. The Bertz CT molecular complexity index is 4070. The van der Waals surface area contributed by atoms with Gasteiger partial charge in [0.1, 0.15) is 0 Å². The molecule has 294 valence electrons. The smallest absolute Gasteiger partial charge is 0.164 e. The molecule has 0 amide bonds. The molecule has 0 fully saturated rings. The second-order valence-corrected chi connectivity index (χ2v) is 16.8. The molecule has 1 aliphatic carbocycles. The van der Waals surface area contributed by atoms with Crippen LogP contribution in [0.4, 0.5) is 0 Å². The van der Waals surface area contributed by atoms with E-state index < -0.39 is 0 Å². The predicted molar refractivity (Wildman–Crippen MR) is 262 cm³/mol. The van der Waals surface area contributed by atoms with Crippen LogP contribution in [0.15, 0.2) is 212 Å². The van der Waals surface area contributed by atoms with E-state index in [1.807, 2.05) is 84.9 Å². The van der Waals surface area contributed by atoms with Gasteiger partial charge in [-0.2, -0.15) is 0 Å². The molecule has 5 heteroatoms. The second kappa shape index (κ2) is 14.3. The molecular weight excluding hydrogens is 785 g/mol. The standard InChI is InChI=1S/C58H36N4S/c1-3-16-36(17-4-1)56-59-57(61-58(60-56)38-30-32-43-42-22-11-13-28-51(42)62(52(43)35-38)39-18-5-2-6-19-39)37-31-33-47(54-45-24-9-7-20-40(45)41-21-8-10-25-46(41)54)50(34-37)49-27-15-26-48-44-23-12-14-29-53(44)63-55(48)49/h1-35,54H/i12D,15D,23D,26D,27D,29D. The Morgan fingerprint density at radius 3 is 1.79 bits per heavy atom. The summed E-state index contributed by atoms with van der Waals surface area (Å²) in [6.45, 7) is 0. The van der Waals surface area contributed by atoms with E-state index in [1.54, 1.807) is 0 Å². The van der Waals surface area contributed by atoms with Crippen molar-refractivity contribution in [1.82, 2.24) is 19.5 Å². The first kappa shape index (κ1) is 30.1. The van der Waals surface area contributed by atoms with Gasteiger partial charge in [-0.15, -0.1) is 11.3 Å². The monoisotopic (exact) mass is 826 g/mol. The molecule has 0 spiro atoms. The third kappa shape index (κ3) is 5.71. The van der Waals surface area contributed by atoms with Gasteiger partial charge in [-0.3, -0.25) is 0 Å². The van der Waals surface area contributed by atoms with Gasteiger partial charge in [0.25, 0.3) is 0 Å². The van der Waals surface area contributed by atoms with Gasteiger partial charge < -0.3 is 4.57 Å². The number of nitrogens with zero attached hydrogens (tertiary/aromatic N) is 4. The van der Waals surface area contributed by atoms with Gasteiger partial charge in [-0.05, 0) is 75.3 Å². The maximum absolute atomic E-state index is 9.71. The van der Waals surface area contributed by atoms with Crippen molar-refractivity contribution in [3.8, 4) is 62.1 Å². The van der Waals surface area contributed by atoms with Gasteiger partial charge in [0, 0.05) is 59.2 Å². The van der Waals surface area contributed by atoms with Crippen molar-refractivity contribution >= 4 is 53.3 Å². The molecule has 0 saturated carbocycles. The van der Waals surface area contributed by atoms with Crippen molar-refractivity contribution < 1.29 is 8.22 Å². The molecule has 0 aliphatic heterocycles. The van der Waals surface area contributed by atoms with Crippen LogP contribution in [-0.2, 0) is 0 Å². The van der Waals surface area contributed by atoms with Crippen LogP contribution in [0.5, 0.6) is 0 Å². The normalized spacial score (nSPS) is 13.7. The van der Waals surface area contributed by atoms with E-state index in [4.69, 9.17) is 19.1 Å². The van der Waals surface area contributed by atoms with Crippen molar-refractivity contribution in [3.63, 3.8) is 0 Å². The van der Waals surface area contributed by atoms with Gasteiger partial charge in [-0.1, -0.05) is 176 Å². The molecule has 12 aromatic rings. The minimum absolute atomic E-state index is 0.0664. The highest BCUT2D eigenvalue weighted by atomic mass is 32.1. The summed E-state index contributed by atoms with van der Waals surface area (Å²) in [5.41, 5.74) is 11.8. The molecule has 0 bridgehead atoms. The number of benzene rings is 9. The minimum Gasteiger partial charge on any atom is -0.309 e. The van der Waals surface area contributed by atoms with Gasteiger partial charge in [-0.25, -0.2) is 15.0 Å². The van der Waals surface area contributed by atoms with Crippen LogP contribution < -0.4 is 0 Å². The number of rotatable bonds is 6. The van der Waals surface area contributed by atoms with Crippen LogP contribution in [0.25, 0.3) is 104 Å². The maximum atomic E-state index is 9.71. The van der Waals surface area contributed by atoms with Crippen molar-refractivity contribution in [1.29, 1.82) is 0 Å². The van der Waals surface area contributed by atoms with Crippen molar-refractivity contribution in [2.45, 2.75) is 5.92 Å². The van der Waals surface area contributed by atoms with Crippen molar-refractivity contribution in [2.75, 3.05) is 0 Å². The fraction of sp³-hybridized carbons (Fsp3) is 0.0172. The van der Waals surface area contributed by atoms with Crippen molar-refractivity contribution in [2.24, 2.45) is 0 Å². The molecule has 4 nitrogen and oxygen atoms in total. The molecule has 3 aromatic heterocycles. The summed E-state index contributed by atoms with van der Waals surface area (Å²) in [5.74, 6) is 1.11. The summed E-state index contributed by atoms with van der Waals surface area (Å²) >= 11 is 1.24. The van der Waals surface area contributed by atoms with Crippen LogP contribution in [-0.4, -0.2) is 19.5 Å². The van der Waals surface area contributed by atoms with E-state index in [9.17, 15) is 4.11 Å². The fourth-order valence-electron chi connectivity index (χ4n) is 9.53. The lowest BCUT2D eigenvalue weighted by Crippen LogP contribution is -2.04. The minimum atomic E-state index is -0.292. The third-order valence-corrected chi connectivity index (χ3v) is 13.5. The van der Waals surface area contributed by atoms with Crippen molar-refractivity contribution in [3.05, 3.63) is 229 Å². The number of fused-ring (bicyclic) bond motifs is 9. The summed E-state index contributed by atoms with van der Waals surface area (Å²) in [6.07, 6.45) is 0. The van der Waals surface area contributed by atoms with Gasteiger partial charge in [0.15, 0.2) is 17.5 Å². The zero-order chi connectivity index (χ0) is 46.7. The van der Waals surface area contributed by atoms with E-state index in [0.29, 0.717) is 54.3 Å². The summed E-state index contributed by atoms with van der Waals surface area (Å²) in [5, 5.41) is 2.84. The first-order chi connectivity index (χ1) is 33.7. The maximum Gasteiger partial charge on any atom is 0.164 e. The summed E-state index contributed by atoms with van der Waals surface area (Å²) in [4.78, 5) is 15.6. The summed E-state index contributed by atoms with van der Waals surface area (Å²) < 4.78 is 57.9. The summed E-state index contributed by atoms with van der Waals surface area (Å²) in [6, 6.07) is 58.3. The van der Waals surface area contributed by atoms with E-state index in [2.05, 4.69) is 89.5 Å². The molecule has 0 atom stereocenters. The predicted octanol–water partition coefficient (Wildman–Crippen LogP) is 15.2. The largest absolute Gasteiger partial charge is 0.309 e. The first-order valence-corrected chi connectivity index (χ1v) is 21.7. The highest BCUT2D eigenvalue weighted by Gasteiger charge is 2.32. The highest BCUT2D eigenvalue weighted by Crippen LogP contribution is 2.52. The quantitative estimate of drug-likeness (QED) is 0.168.